The molecule has 0 aliphatic heterocycles. The zero-order valence-corrected chi connectivity index (χ0v) is 17.4. The molecule has 0 aliphatic rings. The third-order valence-electron chi connectivity index (χ3n) is 4.60. The topological polar surface area (TPSA) is 112 Å². The molecule has 0 saturated carbocycles. The van der Waals surface area contributed by atoms with Crippen molar-refractivity contribution in [2.24, 2.45) is 0 Å². The van der Waals surface area contributed by atoms with Gasteiger partial charge >= 0.3 is 0 Å². The SMILES string of the molecule is Cc1ccc(-c2ccc(=O)n(CC(=O)NCCOc3ccc(-c4ccco4)nn3)n2)cc1. The van der Waals surface area contributed by atoms with E-state index in [2.05, 4.69) is 20.6 Å². The van der Waals surface area contributed by atoms with Crippen LogP contribution in [0.3, 0.4) is 0 Å². The Balaban J connectivity index is 1.27. The van der Waals surface area contributed by atoms with Gasteiger partial charge in [0.1, 0.15) is 18.8 Å². The van der Waals surface area contributed by atoms with Gasteiger partial charge in [-0.25, -0.2) is 4.68 Å². The van der Waals surface area contributed by atoms with Crippen molar-refractivity contribution < 1.29 is 13.9 Å². The third-order valence-corrected chi connectivity index (χ3v) is 4.60. The molecule has 1 aromatic carbocycles. The molecule has 162 valence electrons. The minimum absolute atomic E-state index is 0.184. The van der Waals surface area contributed by atoms with Crippen LogP contribution in [0.4, 0.5) is 0 Å². The number of benzene rings is 1. The fourth-order valence-corrected chi connectivity index (χ4v) is 2.93. The molecule has 1 N–H and O–H groups in total. The predicted octanol–water partition coefficient (Wildman–Crippen LogP) is 2.46. The number of aromatic nitrogens is 4. The van der Waals surface area contributed by atoms with Gasteiger partial charge < -0.3 is 14.5 Å². The molecule has 0 atom stereocenters. The maximum atomic E-state index is 12.2. The van der Waals surface area contributed by atoms with Crippen LogP contribution in [-0.2, 0) is 11.3 Å². The van der Waals surface area contributed by atoms with Crippen molar-refractivity contribution in [3.05, 3.63) is 82.8 Å². The molecule has 4 rings (SSSR count). The predicted molar refractivity (Wildman–Crippen MR) is 117 cm³/mol. The lowest BCUT2D eigenvalue weighted by Gasteiger charge is -2.09. The second-order valence-corrected chi connectivity index (χ2v) is 7.01. The number of amides is 1. The van der Waals surface area contributed by atoms with Gasteiger partial charge in [-0.1, -0.05) is 29.8 Å². The van der Waals surface area contributed by atoms with E-state index in [1.807, 2.05) is 31.2 Å². The van der Waals surface area contributed by atoms with Crippen molar-refractivity contribution in [1.82, 2.24) is 25.3 Å². The maximum Gasteiger partial charge on any atom is 0.267 e. The van der Waals surface area contributed by atoms with E-state index in [0.717, 1.165) is 15.8 Å². The molecule has 0 radical (unpaired) electrons. The first kappa shape index (κ1) is 21.0. The number of furan rings is 1. The molecule has 3 heterocycles. The fraction of sp³-hybridized carbons (Fsp3) is 0.174. The summed E-state index contributed by atoms with van der Waals surface area (Å²) in [6.45, 7) is 2.25. The standard InChI is InChI=1S/C23H21N5O4/c1-16-4-6-17(7-5-16)18-9-11-23(30)28(27-18)15-21(29)24-12-14-32-22-10-8-19(25-26-22)20-3-2-13-31-20/h2-11,13H,12,14-15H2,1H3,(H,24,29). The van der Waals surface area contributed by atoms with Gasteiger partial charge in [-0.05, 0) is 31.2 Å². The summed E-state index contributed by atoms with van der Waals surface area (Å²) in [7, 11) is 0. The highest BCUT2D eigenvalue weighted by atomic mass is 16.5. The Hall–Kier alpha value is -4.27. The second kappa shape index (κ2) is 9.69. The Morgan fingerprint density at radius 1 is 1.03 bits per heavy atom. The van der Waals surface area contributed by atoms with Gasteiger partial charge in [-0.3, -0.25) is 9.59 Å². The number of aryl methyl sites for hydroxylation is 1. The van der Waals surface area contributed by atoms with E-state index in [9.17, 15) is 9.59 Å². The van der Waals surface area contributed by atoms with Crippen molar-refractivity contribution >= 4 is 5.91 Å². The third kappa shape index (κ3) is 5.25. The van der Waals surface area contributed by atoms with E-state index in [1.165, 1.54) is 6.07 Å². The van der Waals surface area contributed by atoms with Gasteiger partial charge in [0.15, 0.2) is 5.76 Å². The Kier molecular flexibility index (Phi) is 6.35. The number of hydrogen-bond donors (Lipinski definition) is 1. The number of hydrogen-bond acceptors (Lipinski definition) is 7. The quantitative estimate of drug-likeness (QED) is 0.427. The van der Waals surface area contributed by atoms with Crippen molar-refractivity contribution in [1.29, 1.82) is 0 Å². The van der Waals surface area contributed by atoms with E-state index >= 15 is 0 Å². The molecule has 3 aromatic heterocycles. The minimum atomic E-state index is -0.348. The minimum Gasteiger partial charge on any atom is -0.475 e. The average molecular weight is 431 g/mol. The highest BCUT2D eigenvalue weighted by Gasteiger charge is 2.09. The molecule has 0 fully saturated rings. The van der Waals surface area contributed by atoms with Crippen LogP contribution >= 0.6 is 0 Å². The van der Waals surface area contributed by atoms with Crippen LogP contribution in [0, 0.1) is 6.92 Å². The molecular weight excluding hydrogens is 410 g/mol. The monoisotopic (exact) mass is 431 g/mol. The van der Waals surface area contributed by atoms with Crippen molar-refractivity contribution in [2.75, 3.05) is 13.2 Å². The number of nitrogens with one attached hydrogen (secondary N) is 1. The van der Waals surface area contributed by atoms with Gasteiger partial charge in [0.2, 0.25) is 11.8 Å². The lowest BCUT2D eigenvalue weighted by Crippen LogP contribution is -2.35. The first-order chi connectivity index (χ1) is 15.6. The Labute approximate surface area is 183 Å². The Morgan fingerprint density at radius 2 is 1.84 bits per heavy atom. The van der Waals surface area contributed by atoms with E-state index in [0.29, 0.717) is 23.0 Å². The summed E-state index contributed by atoms with van der Waals surface area (Å²) in [4.78, 5) is 24.3. The van der Waals surface area contributed by atoms with Gasteiger partial charge in [0.05, 0.1) is 18.5 Å². The molecule has 9 nitrogen and oxygen atoms in total. The van der Waals surface area contributed by atoms with Crippen LogP contribution in [0.1, 0.15) is 5.56 Å². The van der Waals surface area contributed by atoms with Gasteiger partial charge in [0, 0.05) is 17.7 Å². The van der Waals surface area contributed by atoms with E-state index in [4.69, 9.17) is 9.15 Å². The number of rotatable bonds is 8. The van der Waals surface area contributed by atoms with Gasteiger partial charge in [0.25, 0.3) is 5.56 Å². The number of nitrogens with zero attached hydrogens (tertiary/aromatic N) is 4. The molecule has 0 unspecified atom stereocenters. The zero-order chi connectivity index (χ0) is 22.3. The summed E-state index contributed by atoms with van der Waals surface area (Å²) in [6.07, 6.45) is 1.56. The summed E-state index contributed by atoms with van der Waals surface area (Å²) >= 11 is 0. The van der Waals surface area contributed by atoms with E-state index < -0.39 is 0 Å². The van der Waals surface area contributed by atoms with E-state index in [-0.39, 0.29) is 31.2 Å². The summed E-state index contributed by atoms with van der Waals surface area (Å²) in [5.74, 6) is 0.605. The van der Waals surface area contributed by atoms with Crippen LogP contribution in [0.15, 0.2) is 76.1 Å². The van der Waals surface area contributed by atoms with Crippen molar-refractivity contribution in [2.45, 2.75) is 13.5 Å². The largest absolute Gasteiger partial charge is 0.475 e. The van der Waals surface area contributed by atoms with Gasteiger partial charge in [-0.2, -0.15) is 5.10 Å². The molecule has 0 spiro atoms. The first-order valence-electron chi connectivity index (χ1n) is 10.0. The average Bonchev–Trinajstić information content (AvgIpc) is 3.34. The second-order valence-electron chi connectivity index (χ2n) is 7.01. The highest BCUT2D eigenvalue weighted by molar-refractivity contribution is 5.75. The van der Waals surface area contributed by atoms with Crippen LogP contribution in [-0.4, -0.2) is 39.0 Å². The maximum absolute atomic E-state index is 12.2. The summed E-state index contributed by atoms with van der Waals surface area (Å²) < 4.78 is 11.9. The van der Waals surface area contributed by atoms with Crippen molar-refractivity contribution in [3.63, 3.8) is 0 Å². The highest BCUT2D eigenvalue weighted by Crippen LogP contribution is 2.18. The molecule has 32 heavy (non-hydrogen) atoms. The molecule has 1 amide bonds. The number of carbonyl (C=O) groups excluding carboxylic acids is 1. The number of ether oxygens (including phenoxy) is 1. The molecule has 4 aromatic rings. The zero-order valence-electron chi connectivity index (χ0n) is 17.4. The first-order valence-corrected chi connectivity index (χ1v) is 10.0. The Morgan fingerprint density at radius 3 is 2.56 bits per heavy atom. The molecule has 0 saturated heterocycles. The molecule has 0 aliphatic carbocycles. The lowest BCUT2D eigenvalue weighted by atomic mass is 10.1. The van der Waals surface area contributed by atoms with Crippen LogP contribution in [0.2, 0.25) is 0 Å². The van der Waals surface area contributed by atoms with Crippen molar-refractivity contribution in [3.8, 4) is 28.6 Å². The smallest absolute Gasteiger partial charge is 0.267 e. The summed E-state index contributed by atoms with van der Waals surface area (Å²) in [6, 6.07) is 17.8. The van der Waals surface area contributed by atoms with Crippen LogP contribution < -0.4 is 15.6 Å². The van der Waals surface area contributed by atoms with Crippen LogP contribution in [0.25, 0.3) is 22.7 Å². The Bertz CT molecular complexity index is 1230. The fourth-order valence-electron chi connectivity index (χ4n) is 2.93. The summed E-state index contributed by atoms with van der Waals surface area (Å²) in [5.41, 5.74) is 2.87. The molecular formula is C23H21N5O4. The summed E-state index contributed by atoms with van der Waals surface area (Å²) in [5, 5.41) is 15.0. The number of carbonyl (C=O) groups is 1. The lowest BCUT2D eigenvalue weighted by molar-refractivity contribution is -0.122. The normalized spacial score (nSPS) is 10.7. The van der Waals surface area contributed by atoms with E-state index in [1.54, 1.807) is 36.6 Å². The van der Waals surface area contributed by atoms with Crippen LogP contribution in [0.5, 0.6) is 5.88 Å². The molecule has 9 heteroatoms. The van der Waals surface area contributed by atoms with Gasteiger partial charge in [-0.15, -0.1) is 10.2 Å². The molecule has 0 bridgehead atoms.